The Labute approximate surface area is 67.5 Å². The number of ketones is 1. The second kappa shape index (κ2) is 6.27. The minimum atomic E-state index is -0.177. The van der Waals surface area contributed by atoms with Crippen LogP contribution in [0.4, 0.5) is 0 Å². The number of rotatable bonds is 6. The van der Waals surface area contributed by atoms with E-state index in [4.69, 9.17) is 5.84 Å². The van der Waals surface area contributed by atoms with Gasteiger partial charge in [-0.05, 0) is 33.4 Å². The zero-order valence-corrected chi connectivity index (χ0v) is 7.18. The van der Waals surface area contributed by atoms with Gasteiger partial charge in [0.2, 0.25) is 0 Å². The molecule has 0 saturated carbocycles. The third-order valence-electron chi connectivity index (χ3n) is 1.61. The van der Waals surface area contributed by atoms with Crippen LogP contribution in [0.2, 0.25) is 0 Å². The van der Waals surface area contributed by atoms with E-state index in [-0.39, 0.29) is 11.8 Å². The molecule has 1 atom stereocenters. The Bertz CT molecular complexity index is 116. The molecule has 0 radical (unpaired) electrons. The summed E-state index contributed by atoms with van der Waals surface area (Å²) in [6.07, 6.45) is 1.76. The van der Waals surface area contributed by atoms with Gasteiger partial charge in [-0.25, -0.2) is 5.43 Å². The van der Waals surface area contributed by atoms with E-state index in [0.717, 1.165) is 19.4 Å². The molecule has 0 aromatic carbocycles. The maximum Gasteiger partial charge on any atom is 0.148 e. The van der Waals surface area contributed by atoms with Crippen LogP contribution in [0.1, 0.15) is 19.8 Å². The predicted molar refractivity (Wildman–Crippen MR) is 45.0 cm³/mol. The lowest BCUT2D eigenvalue weighted by Crippen LogP contribution is -2.40. The highest BCUT2D eigenvalue weighted by Gasteiger charge is 2.09. The Morgan fingerprint density at radius 2 is 2.27 bits per heavy atom. The van der Waals surface area contributed by atoms with Crippen LogP contribution in [0, 0.1) is 0 Å². The van der Waals surface area contributed by atoms with Crippen LogP contribution in [-0.4, -0.2) is 25.4 Å². The fourth-order valence-electron chi connectivity index (χ4n) is 0.887. The van der Waals surface area contributed by atoms with Crippen LogP contribution >= 0.6 is 0 Å². The fraction of sp³-hybridized carbons (Fsp3) is 0.857. The molecule has 0 aromatic heterocycles. The summed E-state index contributed by atoms with van der Waals surface area (Å²) in [5, 5.41) is 3.01. The van der Waals surface area contributed by atoms with Gasteiger partial charge in [-0.3, -0.25) is 10.6 Å². The first-order valence-corrected chi connectivity index (χ1v) is 3.83. The molecule has 0 aliphatic heterocycles. The summed E-state index contributed by atoms with van der Waals surface area (Å²) in [5.41, 5.74) is 2.48. The van der Waals surface area contributed by atoms with Gasteiger partial charge < -0.3 is 5.32 Å². The van der Waals surface area contributed by atoms with Crippen LogP contribution in [0.5, 0.6) is 0 Å². The highest BCUT2D eigenvalue weighted by atomic mass is 16.1. The largest absolute Gasteiger partial charge is 0.320 e. The van der Waals surface area contributed by atoms with E-state index < -0.39 is 0 Å². The Balaban J connectivity index is 3.44. The van der Waals surface area contributed by atoms with Crippen LogP contribution in [0.25, 0.3) is 0 Å². The summed E-state index contributed by atoms with van der Waals surface area (Å²) in [7, 11) is 1.89. The van der Waals surface area contributed by atoms with Gasteiger partial charge >= 0.3 is 0 Å². The van der Waals surface area contributed by atoms with E-state index in [1.54, 1.807) is 6.92 Å². The van der Waals surface area contributed by atoms with Gasteiger partial charge in [0.15, 0.2) is 0 Å². The molecule has 0 fully saturated rings. The number of hydrogen-bond donors (Lipinski definition) is 3. The van der Waals surface area contributed by atoms with Crippen molar-refractivity contribution in [3.05, 3.63) is 0 Å². The fourth-order valence-corrected chi connectivity index (χ4v) is 0.887. The summed E-state index contributed by atoms with van der Waals surface area (Å²) in [6, 6.07) is -0.177. The highest BCUT2D eigenvalue weighted by Crippen LogP contribution is 1.95. The van der Waals surface area contributed by atoms with Gasteiger partial charge in [0.25, 0.3) is 0 Å². The molecule has 0 aliphatic carbocycles. The van der Waals surface area contributed by atoms with E-state index >= 15 is 0 Å². The number of carbonyl (C=O) groups is 1. The number of nitrogens with two attached hydrogens (primary N) is 1. The maximum atomic E-state index is 10.8. The second-order valence-electron chi connectivity index (χ2n) is 2.58. The van der Waals surface area contributed by atoms with Gasteiger partial charge in [-0.15, -0.1) is 0 Å². The average molecular weight is 159 g/mol. The highest BCUT2D eigenvalue weighted by molar-refractivity contribution is 5.81. The lowest BCUT2D eigenvalue weighted by molar-refractivity contribution is -0.119. The van der Waals surface area contributed by atoms with Crippen LogP contribution in [-0.2, 0) is 4.79 Å². The monoisotopic (exact) mass is 159 g/mol. The van der Waals surface area contributed by atoms with Crippen LogP contribution in [0.3, 0.4) is 0 Å². The molecule has 0 heterocycles. The molecule has 1 unspecified atom stereocenters. The Morgan fingerprint density at radius 1 is 1.64 bits per heavy atom. The molecule has 0 amide bonds. The molecule has 0 bridgehead atoms. The van der Waals surface area contributed by atoms with Crippen LogP contribution in [0.15, 0.2) is 0 Å². The van der Waals surface area contributed by atoms with E-state index in [2.05, 4.69) is 10.7 Å². The number of Topliss-reactive ketones (excluding diaryl/α,β-unsaturated/α-hetero) is 1. The Morgan fingerprint density at radius 3 is 2.64 bits per heavy atom. The molecule has 0 aliphatic rings. The molecule has 4 heteroatoms. The van der Waals surface area contributed by atoms with Gasteiger partial charge in [0.05, 0.1) is 6.04 Å². The third-order valence-corrected chi connectivity index (χ3v) is 1.61. The minimum absolute atomic E-state index is 0.101. The Hall–Kier alpha value is -0.450. The minimum Gasteiger partial charge on any atom is -0.320 e. The molecule has 0 rings (SSSR count). The van der Waals surface area contributed by atoms with Crippen molar-refractivity contribution in [1.29, 1.82) is 0 Å². The van der Waals surface area contributed by atoms with Crippen molar-refractivity contribution in [1.82, 2.24) is 10.7 Å². The van der Waals surface area contributed by atoms with E-state index in [1.807, 2.05) is 7.05 Å². The summed E-state index contributed by atoms with van der Waals surface area (Å²) in [5.74, 6) is 5.27. The van der Waals surface area contributed by atoms with Gasteiger partial charge in [-0.1, -0.05) is 0 Å². The van der Waals surface area contributed by atoms with Crippen molar-refractivity contribution in [3.63, 3.8) is 0 Å². The quantitative estimate of drug-likeness (QED) is 0.275. The molecule has 11 heavy (non-hydrogen) atoms. The topological polar surface area (TPSA) is 67.2 Å². The maximum absolute atomic E-state index is 10.8. The number of hydrogen-bond acceptors (Lipinski definition) is 4. The lowest BCUT2D eigenvalue weighted by Gasteiger charge is -2.11. The number of carbonyl (C=O) groups excluding carboxylic acids is 1. The first-order valence-electron chi connectivity index (χ1n) is 3.83. The summed E-state index contributed by atoms with van der Waals surface area (Å²) in [4.78, 5) is 10.8. The summed E-state index contributed by atoms with van der Waals surface area (Å²) in [6.45, 7) is 2.47. The number of nitrogens with one attached hydrogen (secondary N) is 2. The summed E-state index contributed by atoms with van der Waals surface area (Å²) < 4.78 is 0. The molecule has 0 spiro atoms. The molecule has 4 nitrogen and oxygen atoms in total. The normalized spacial score (nSPS) is 13.0. The van der Waals surface area contributed by atoms with Gasteiger partial charge in [0.1, 0.15) is 5.78 Å². The van der Waals surface area contributed by atoms with Gasteiger partial charge in [0, 0.05) is 0 Å². The predicted octanol–water partition coefficient (Wildman–Crippen LogP) is -0.593. The second-order valence-corrected chi connectivity index (χ2v) is 2.58. The van der Waals surface area contributed by atoms with Crippen molar-refractivity contribution in [3.8, 4) is 0 Å². The summed E-state index contributed by atoms with van der Waals surface area (Å²) >= 11 is 0. The molecule has 4 N–H and O–H groups in total. The standard InChI is InChI=1S/C7H17N3O/c1-6(11)7(10-8)4-3-5-9-2/h7,9-10H,3-5,8H2,1-2H3. The SMILES string of the molecule is CNCCCC(NN)C(C)=O. The van der Waals surface area contributed by atoms with Crippen LogP contribution < -0.4 is 16.6 Å². The number of hydrazine groups is 1. The average Bonchev–Trinajstić information content (AvgIpc) is 1.97. The molecule has 0 aromatic rings. The Kier molecular flexibility index (Phi) is 6.02. The van der Waals surface area contributed by atoms with Crippen molar-refractivity contribution >= 4 is 5.78 Å². The van der Waals surface area contributed by atoms with Crippen molar-refractivity contribution in [2.24, 2.45) is 5.84 Å². The lowest BCUT2D eigenvalue weighted by atomic mass is 10.1. The molecular weight excluding hydrogens is 142 g/mol. The molecule has 66 valence electrons. The van der Waals surface area contributed by atoms with Crippen molar-refractivity contribution in [2.75, 3.05) is 13.6 Å². The smallest absolute Gasteiger partial charge is 0.148 e. The first-order chi connectivity index (χ1) is 5.22. The van der Waals surface area contributed by atoms with Gasteiger partial charge in [-0.2, -0.15) is 0 Å². The first kappa shape index (κ1) is 10.6. The van der Waals surface area contributed by atoms with Crippen molar-refractivity contribution < 1.29 is 4.79 Å². The van der Waals surface area contributed by atoms with E-state index in [9.17, 15) is 4.79 Å². The molecule has 0 saturated heterocycles. The van der Waals surface area contributed by atoms with E-state index in [1.165, 1.54) is 0 Å². The zero-order chi connectivity index (χ0) is 8.69. The third kappa shape index (κ3) is 4.89. The molecular formula is C7H17N3O. The zero-order valence-electron chi connectivity index (χ0n) is 7.18. The van der Waals surface area contributed by atoms with E-state index in [0.29, 0.717) is 0 Å². The van der Waals surface area contributed by atoms with Crippen molar-refractivity contribution in [2.45, 2.75) is 25.8 Å².